The summed E-state index contributed by atoms with van der Waals surface area (Å²) < 4.78 is 23.9. The standard InChI is InChI=1S/C9H13NO3.C7H9NO3.C6H15N.C5H8Br2.C5H8.C4H6ClNO3.C4H8O.C4H10O.C4H8O.C4H9.CCl2O.2Li.H2O.Zn/c1-4-12-9(11)7-5-8(6(2)3)13-10-7;1-4(2)6-3-5(7(9)10)8-11-6;1-4-7(5-2)6-3;1-4(2)3-5(6)7;1-4-5(2)3;1-2-9-4(7)3(5)6-8;1-2-4-5-3-1;2*1-4(2)3-5;1-3-4-2;2-1(3)4;;;;/h5-6H,4H2,1-3H3;3-4H,1-2H3,(H,9,10);4-6H2,1-3H3;3-4H,1-2H3;1,5H,2-3H3;8H,2H2,1H3;1-4H2;4-5H,3H2,1-2H3;3-4H,1-2H3;1,3-4H2,2H3;;;;1H2;/q;;;;;;;;;-1;;2*+1;;/p-1/b;;;;;6-3-;;;;;;;;;. The quantitative estimate of drug-likeness (QED) is 0.0183. The van der Waals surface area contributed by atoms with Crippen LogP contribution in [0.4, 0.5) is 4.79 Å². The van der Waals surface area contributed by atoms with Crippen LogP contribution in [0.1, 0.15) is 195 Å². The Kier molecular flexibility index (Phi) is 105. The van der Waals surface area contributed by atoms with Crippen molar-refractivity contribution in [2.45, 2.75) is 162 Å². The Morgan fingerprint density at radius 2 is 1.14 bits per heavy atom. The van der Waals surface area contributed by atoms with E-state index in [-0.39, 0.29) is 98.4 Å². The molecule has 3 rings (SSSR count). The fourth-order valence-electron chi connectivity index (χ4n) is 3.19. The normalized spacial score (nSPS) is 10.0. The summed E-state index contributed by atoms with van der Waals surface area (Å²) in [6.07, 6.45) is 12.8. The third-order valence-corrected chi connectivity index (χ3v) is 8.14. The van der Waals surface area contributed by atoms with Crippen LogP contribution >= 0.6 is 66.7 Å². The topological polar surface area (TPSA) is 271 Å². The molecule has 1 aliphatic heterocycles. The van der Waals surface area contributed by atoms with Crippen LogP contribution in [0.2, 0.25) is 0 Å². The summed E-state index contributed by atoms with van der Waals surface area (Å²) in [5, 5.41) is 33.3. The third kappa shape index (κ3) is 95.9. The molecule has 0 aliphatic carbocycles. The van der Waals surface area contributed by atoms with Crippen molar-refractivity contribution in [3.8, 4) is 12.3 Å². The fraction of sp³-hybridized carbons (Fsp3) is 0.679. The number of aliphatic hydroxyl groups excluding tert-OH is 1. The molecule has 0 aromatic carbocycles. The second kappa shape index (κ2) is 78.5. The van der Waals surface area contributed by atoms with Gasteiger partial charge < -0.3 is 60.8 Å². The molecular formula is C53H95Br2Cl3Li2N4O14Zn. The number of ether oxygens (including phenoxy) is 3. The molecule has 450 valence electrons. The predicted molar refractivity (Wildman–Crippen MR) is 316 cm³/mol. The van der Waals surface area contributed by atoms with Crippen LogP contribution in [0.3, 0.4) is 0 Å². The summed E-state index contributed by atoms with van der Waals surface area (Å²) in [5.74, 6) is 3.60. The third-order valence-electron chi connectivity index (χ3n) is 7.38. The molecule has 0 atom stereocenters. The first-order chi connectivity index (χ1) is 34.9. The van der Waals surface area contributed by atoms with Crippen molar-refractivity contribution < 1.29 is 125 Å². The smallest absolute Gasteiger partial charge is 0.870 e. The number of allylic oxidation sites excluding steroid dienone is 1. The van der Waals surface area contributed by atoms with Crippen molar-refractivity contribution in [3.63, 3.8) is 0 Å². The largest absolute Gasteiger partial charge is 1.00 e. The van der Waals surface area contributed by atoms with Gasteiger partial charge in [-0.1, -0.05) is 150 Å². The van der Waals surface area contributed by atoms with E-state index in [1.165, 1.54) is 45.0 Å². The Hall–Kier alpha value is -1.57. The van der Waals surface area contributed by atoms with E-state index in [1.807, 2.05) is 69.2 Å². The molecular weight excluding hydrogens is 1260 g/mol. The minimum Gasteiger partial charge on any atom is -0.870 e. The number of halogens is 5. The fourth-order valence-corrected chi connectivity index (χ4v) is 4.30. The first-order valence-corrected chi connectivity index (χ1v) is 27.5. The number of unbranched alkanes of at least 4 members (excludes halogenated alkanes) is 1. The molecule has 79 heavy (non-hydrogen) atoms. The minimum absolute atomic E-state index is 0. The number of aromatic nitrogens is 2. The van der Waals surface area contributed by atoms with E-state index in [0.29, 0.717) is 42.5 Å². The summed E-state index contributed by atoms with van der Waals surface area (Å²) in [5.41, 5.74) is 0.208. The Bertz CT molecular complexity index is 1730. The van der Waals surface area contributed by atoms with E-state index in [1.54, 1.807) is 19.9 Å². The maximum absolute atomic E-state index is 11.1. The van der Waals surface area contributed by atoms with Gasteiger partial charge >= 0.3 is 60.3 Å². The van der Waals surface area contributed by atoms with Crippen LogP contribution in [0, 0.1) is 42.9 Å². The Labute approximate surface area is 544 Å². The second-order valence-corrected chi connectivity index (χ2v) is 20.7. The molecule has 4 N–H and O–H groups in total. The molecule has 26 heteroatoms. The summed E-state index contributed by atoms with van der Waals surface area (Å²) in [6, 6.07) is 3.05. The molecule has 0 radical (unpaired) electrons. The van der Waals surface area contributed by atoms with Gasteiger partial charge in [0.25, 0.3) is 5.17 Å². The van der Waals surface area contributed by atoms with Gasteiger partial charge in [0, 0.05) is 75.1 Å². The maximum atomic E-state index is 11.1. The Morgan fingerprint density at radius 1 is 0.797 bits per heavy atom. The Morgan fingerprint density at radius 3 is 1.29 bits per heavy atom. The maximum Gasteiger partial charge on any atom is 1.00 e. The number of hydrogen-bond donors (Lipinski definition) is 3. The van der Waals surface area contributed by atoms with Crippen LogP contribution in [-0.2, 0) is 43.3 Å². The molecule has 3 heterocycles. The number of rotatable bonds is 14. The van der Waals surface area contributed by atoms with Crippen molar-refractivity contribution in [2.24, 2.45) is 28.8 Å². The van der Waals surface area contributed by atoms with E-state index in [4.69, 9.17) is 56.8 Å². The van der Waals surface area contributed by atoms with E-state index >= 15 is 0 Å². The number of aldehydes is 1. The summed E-state index contributed by atoms with van der Waals surface area (Å²) in [4.78, 5) is 52.6. The number of carbonyl (C=O) groups is 5. The minimum atomic E-state index is -1.05. The van der Waals surface area contributed by atoms with E-state index < -0.39 is 27.8 Å². The number of nitrogens with zero attached hydrogens (tertiary/aromatic N) is 4. The number of carbonyl (C=O) groups excluding carboxylic acids is 4. The van der Waals surface area contributed by atoms with Crippen LogP contribution in [-0.4, -0.2) is 123 Å². The van der Waals surface area contributed by atoms with E-state index in [9.17, 15) is 19.2 Å². The molecule has 0 spiro atoms. The second-order valence-electron chi connectivity index (χ2n) is 16.7. The number of aliphatic hydroxyl groups is 1. The average Bonchev–Trinajstić information content (AvgIpc) is 4.19. The van der Waals surface area contributed by atoms with Gasteiger partial charge in [-0.15, -0.1) is 12.3 Å². The monoisotopic (exact) mass is 1350 g/mol. The molecule has 0 bridgehead atoms. The molecule has 0 amide bonds. The molecule has 18 nitrogen and oxygen atoms in total. The number of carboxylic acids is 1. The van der Waals surface area contributed by atoms with Crippen molar-refractivity contribution in [1.82, 2.24) is 15.2 Å². The zero-order chi connectivity index (χ0) is 60.5. The molecule has 1 saturated heterocycles. The molecule has 1 aliphatic rings. The molecule has 0 unspecified atom stereocenters. The SMILES string of the molecule is C#CC(C)C.C1CCOC1.CC(C)C=C(Br)Br.CC(C)C=O.CC(C)CO.CC(C)c1cc(C(=O)O)no1.CCN(CC)CC.CCOC(=O)/C(Cl)=N/O.CCOC(=O)c1cc(C(C)C)on1.O=C(Cl)Cl.[CH2-]CCC.[Li+].[Li+].[OH-].[Zn]. The van der Waals surface area contributed by atoms with Crippen molar-refractivity contribution in [2.75, 3.05) is 52.7 Å². The first kappa shape index (κ1) is 106. The van der Waals surface area contributed by atoms with Gasteiger partial charge in [-0.3, -0.25) is 4.79 Å². The van der Waals surface area contributed by atoms with E-state index in [0.717, 1.165) is 29.3 Å². The number of carboxylic acid groups (broad SMARTS) is 1. The van der Waals surface area contributed by atoms with Crippen molar-refractivity contribution in [3.05, 3.63) is 51.4 Å². The average molecular weight is 1360 g/mol. The number of esters is 2. The number of oxime groups is 1. The van der Waals surface area contributed by atoms with Gasteiger partial charge in [0.2, 0.25) is 0 Å². The summed E-state index contributed by atoms with van der Waals surface area (Å²) in [6.45, 7) is 45.7. The molecule has 1 fully saturated rings. The molecule has 0 saturated carbocycles. The van der Waals surface area contributed by atoms with Crippen LogP contribution in [0.5, 0.6) is 0 Å². The molecule has 2 aromatic rings. The van der Waals surface area contributed by atoms with Crippen LogP contribution < -0.4 is 37.7 Å². The van der Waals surface area contributed by atoms with Crippen molar-refractivity contribution in [1.29, 1.82) is 0 Å². The van der Waals surface area contributed by atoms with Gasteiger partial charge in [0.1, 0.15) is 17.8 Å². The van der Waals surface area contributed by atoms with Gasteiger partial charge in [0.15, 0.2) is 11.4 Å². The predicted octanol–water partition coefficient (Wildman–Crippen LogP) is 9.25. The summed E-state index contributed by atoms with van der Waals surface area (Å²) >= 11 is 20.3. The van der Waals surface area contributed by atoms with Crippen LogP contribution in [0.15, 0.2) is 35.8 Å². The zero-order valence-electron chi connectivity index (χ0n) is 51.3. The first-order valence-electron chi connectivity index (χ1n) is 24.8. The van der Waals surface area contributed by atoms with Crippen molar-refractivity contribution >= 4 is 101 Å². The Balaban J connectivity index is -0.0000000636. The number of hydrogen-bond acceptors (Lipinski definition) is 17. The molecule has 2 aromatic heterocycles. The number of terminal acetylenes is 1. The zero-order valence-corrected chi connectivity index (χ0v) is 59.7. The summed E-state index contributed by atoms with van der Waals surface area (Å²) in [7, 11) is 0. The van der Waals surface area contributed by atoms with Gasteiger partial charge in [0.05, 0.1) is 16.6 Å². The number of aromatic carboxylic acids is 1. The van der Waals surface area contributed by atoms with Gasteiger partial charge in [-0.05, 0) is 113 Å². The van der Waals surface area contributed by atoms with Crippen LogP contribution in [0.25, 0.3) is 0 Å². The van der Waals surface area contributed by atoms with E-state index in [2.05, 4.69) is 141 Å². The van der Waals surface area contributed by atoms with Gasteiger partial charge in [-0.25, -0.2) is 14.4 Å². The van der Waals surface area contributed by atoms with Gasteiger partial charge in [-0.2, -0.15) is 6.42 Å².